The summed E-state index contributed by atoms with van der Waals surface area (Å²) in [6, 6.07) is 4.79. The van der Waals surface area contributed by atoms with Crippen LogP contribution in [0.2, 0.25) is 5.28 Å². The van der Waals surface area contributed by atoms with Crippen LogP contribution in [0.3, 0.4) is 0 Å². The van der Waals surface area contributed by atoms with Gasteiger partial charge in [-0.3, -0.25) is 0 Å². The number of ether oxygens (including phenoxy) is 1. The summed E-state index contributed by atoms with van der Waals surface area (Å²) in [5.41, 5.74) is 0.945. The predicted octanol–water partition coefficient (Wildman–Crippen LogP) is 4.35. The average molecular weight is 407 g/mol. The number of fused-ring (bicyclic) bond motifs is 1. The van der Waals surface area contributed by atoms with E-state index in [1.807, 2.05) is 0 Å². The Morgan fingerprint density at radius 1 is 1.07 bits per heavy atom. The highest BCUT2D eigenvalue weighted by Gasteiger charge is 2.31. The second-order valence-electron chi connectivity index (χ2n) is 5.81. The van der Waals surface area contributed by atoms with Gasteiger partial charge in [0.25, 0.3) is 0 Å². The summed E-state index contributed by atoms with van der Waals surface area (Å²) >= 11 is 5.92. The van der Waals surface area contributed by atoms with Gasteiger partial charge in [0.2, 0.25) is 11.2 Å². The van der Waals surface area contributed by atoms with Crippen molar-refractivity contribution in [3.8, 4) is 22.8 Å². The quantitative estimate of drug-likeness (QED) is 0.503. The molecule has 0 unspecified atom stereocenters. The fourth-order valence-electron chi connectivity index (χ4n) is 2.54. The number of halogens is 4. The maximum Gasteiger partial charge on any atom is 0.416 e. The normalized spacial score (nSPS) is 11.8. The first-order chi connectivity index (χ1) is 13.3. The molecule has 0 aliphatic rings. The second-order valence-corrected chi connectivity index (χ2v) is 6.15. The Kier molecular flexibility index (Phi) is 4.34. The lowest BCUT2D eigenvalue weighted by atomic mass is 10.0. The number of rotatable bonds is 3. The fourth-order valence-corrected chi connectivity index (χ4v) is 2.71. The highest BCUT2D eigenvalue weighted by atomic mass is 35.5. The summed E-state index contributed by atoms with van der Waals surface area (Å²) < 4.78 is 46.6. The van der Waals surface area contributed by atoms with Gasteiger partial charge in [0.05, 0.1) is 5.56 Å². The van der Waals surface area contributed by atoms with E-state index in [4.69, 9.17) is 16.3 Å². The van der Waals surface area contributed by atoms with Crippen LogP contribution in [-0.2, 0) is 6.18 Å². The third-order valence-corrected chi connectivity index (χ3v) is 4.12. The van der Waals surface area contributed by atoms with Crippen LogP contribution in [-0.4, -0.2) is 29.8 Å². The maximum atomic E-state index is 13.2. The van der Waals surface area contributed by atoms with Gasteiger partial charge in [0, 0.05) is 29.1 Å². The highest BCUT2D eigenvalue weighted by Crippen LogP contribution is 2.39. The molecule has 0 amide bonds. The Morgan fingerprint density at radius 2 is 1.82 bits per heavy atom. The summed E-state index contributed by atoms with van der Waals surface area (Å²) in [5, 5.41) is 11.7. The van der Waals surface area contributed by atoms with E-state index in [9.17, 15) is 13.2 Å². The Hall–Kier alpha value is -3.27. The zero-order chi connectivity index (χ0) is 19.9. The van der Waals surface area contributed by atoms with Gasteiger partial charge < -0.3 is 4.74 Å². The Labute approximate surface area is 160 Å². The fraction of sp³-hybridized carbons (Fsp3) is 0.118. The molecule has 0 aliphatic carbocycles. The summed E-state index contributed by atoms with van der Waals surface area (Å²) in [6.07, 6.45) is -0.263. The zero-order valence-corrected chi connectivity index (χ0v) is 14.9. The minimum absolute atomic E-state index is 0.000532. The van der Waals surface area contributed by atoms with Gasteiger partial charge in [-0.15, -0.1) is 15.3 Å². The van der Waals surface area contributed by atoms with Gasteiger partial charge in [-0.25, -0.2) is 9.97 Å². The van der Waals surface area contributed by atoms with Crippen molar-refractivity contribution in [1.29, 1.82) is 0 Å². The van der Waals surface area contributed by atoms with Gasteiger partial charge in [0.15, 0.2) is 5.65 Å². The van der Waals surface area contributed by atoms with Crippen LogP contribution in [0.5, 0.6) is 11.6 Å². The third kappa shape index (κ3) is 3.33. The maximum absolute atomic E-state index is 13.2. The first-order valence-electron chi connectivity index (χ1n) is 7.86. The Morgan fingerprint density at radius 3 is 2.54 bits per heavy atom. The smallest absolute Gasteiger partial charge is 0.416 e. The van der Waals surface area contributed by atoms with Crippen LogP contribution in [0.4, 0.5) is 13.2 Å². The standard InChI is InChI=1S/C17H10ClF3N6O/c1-9-4-14-24-25-16(18)27(14)26-15(9)28-13-5-11(17(19,20)21)2-3-12(13)10-6-22-8-23-7-10/h2-8H,1H3. The lowest BCUT2D eigenvalue weighted by Gasteiger charge is -2.15. The molecule has 0 saturated heterocycles. The number of benzene rings is 1. The Balaban J connectivity index is 1.85. The molecule has 4 aromatic rings. The van der Waals surface area contributed by atoms with Crippen LogP contribution in [0.15, 0.2) is 43.0 Å². The molecule has 3 heterocycles. The SMILES string of the molecule is Cc1cc2nnc(Cl)n2nc1Oc1cc(C(F)(F)F)ccc1-c1cncnc1. The van der Waals surface area contributed by atoms with Crippen molar-refractivity contribution in [3.63, 3.8) is 0 Å². The van der Waals surface area contributed by atoms with Crippen molar-refractivity contribution in [2.45, 2.75) is 13.1 Å². The van der Waals surface area contributed by atoms with Crippen LogP contribution < -0.4 is 4.74 Å². The number of hydrogen-bond acceptors (Lipinski definition) is 6. The van der Waals surface area contributed by atoms with E-state index in [2.05, 4.69) is 25.3 Å². The first kappa shape index (κ1) is 18.1. The van der Waals surface area contributed by atoms with E-state index in [0.29, 0.717) is 22.3 Å². The minimum Gasteiger partial charge on any atom is -0.437 e. The van der Waals surface area contributed by atoms with Crippen molar-refractivity contribution < 1.29 is 17.9 Å². The molecule has 0 bridgehead atoms. The molecule has 0 fully saturated rings. The lowest BCUT2D eigenvalue weighted by Crippen LogP contribution is -2.06. The monoisotopic (exact) mass is 406 g/mol. The molecule has 0 saturated carbocycles. The van der Waals surface area contributed by atoms with E-state index in [1.54, 1.807) is 13.0 Å². The Bertz CT molecular complexity index is 1160. The molecule has 1 aromatic carbocycles. The lowest BCUT2D eigenvalue weighted by molar-refractivity contribution is -0.137. The van der Waals surface area contributed by atoms with Crippen molar-refractivity contribution in [2.75, 3.05) is 0 Å². The van der Waals surface area contributed by atoms with Gasteiger partial charge >= 0.3 is 6.18 Å². The molecule has 7 nitrogen and oxygen atoms in total. The average Bonchev–Trinajstić information content (AvgIpc) is 3.02. The van der Waals surface area contributed by atoms with E-state index >= 15 is 0 Å². The van der Waals surface area contributed by atoms with Crippen molar-refractivity contribution >= 4 is 17.2 Å². The van der Waals surface area contributed by atoms with Crippen molar-refractivity contribution in [3.05, 3.63) is 59.4 Å². The zero-order valence-electron chi connectivity index (χ0n) is 14.1. The molecule has 142 valence electrons. The minimum atomic E-state index is -4.53. The molecular formula is C17H10ClF3N6O. The predicted molar refractivity (Wildman–Crippen MR) is 93.1 cm³/mol. The van der Waals surface area contributed by atoms with Crippen LogP contribution in [0.25, 0.3) is 16.8 Å². The summed E-state index contributed by atoms with van der Waals surface area (Å²) in [6.45, 7) is 1.68. The van der Waals surface area contributed by atoms with E-state index in [-0.39, 0.29) is 16.9 Å². The number of nitrogens with zero attached hydrogens (tertiary/aromatic N) is 6. The molecule has 11 heteroatoms. The molecule has 0 N–H and O–H groups in total. The van der Waals surface area contributed by atoms with Crippen LogP contribution in [0.1, 0.15) is 11.1 Å². The summed E-state index contributed by atoms with van der Waals surface area (Å²) in [4.78, 5) is 7.80. The van der Waals surface area contributed by atoms with Gasteiger partial charge in [0.1, 0.15) is 12.1 Å². The third-order valence-electron chi connectivity index (χ3n) is 3.89. The molecule has 0 radical (unpaired) electrons. The number of aromatic nitrogens is 6. The first-order valence-corrected chi connectivity index (χ1v) is 8.24. The summed E-state index contributed by atoms with van der Waals surface area (Å²) in [5.74, 6) is 0.00963. The summed E-state index contributed by atoms with van der Waals surface area (Å²) in [7, 11) is 0. The molecule has 0 atom stereocenters. The van der Waals surface area contributed by atoms with Gasteiger partial charge in [-0.2, -0.15) is 17.7 Å². The molecule has 0 aliphatic heterocycles. The van der Waals surface area contributed by atoms with E-state index < -0.39 is 11.7 Å². The number of alkyl halides is 3. The molecular weight excluding hydrogens is 397 g/mol. The molecule has 3 aromatic heterocycles. The van der Waals surface area contributed by atoms with Gasteiger partial charge in [-0.05, 0) is 42.8 Å². The molecule has 0 spiro atoms. The number of hydrogen-bond donors (Lipinski definition) is 0. The van der Waals surface area contributed by atoms with E-state index in [0.717, 1.165) is 12.1 Å². The van der Waals surface area contributed by atoms with E-state index in [1.165, 1.54) is 29.3 Å². The number of aryl methyl sites for hydroxylation is 1. The van der Waals surface area contributed by atoms with Crippen molar-refractivity contribution in [1.82, 2.24) is 29.8 Å². The van der Waals surface area contributed by atoms with Crippen LogP contribution in [0, 0.1) is 6.92 Å². The van der Waals surface area contributed by atoms with Crippen LogP contribution >= 0.6 is 11.6 Å². The highest BCUT2D eigenvalue weighted by molar-refractivity contribution is 6.28. The second kappa shape index (κ2) is 6.71. The van der Waals surface area contributed by atoms with Crippen molar-refractivity contribution in [2.24, 2.45) is 0 Å². The topological polar surface area (TPSA) is 78.1 Å². The largest absolute Gasteiger partial charge is 0.437 e. The van der Waals surface area contributed by atoms with Gasteiger partial charge in [-0.1, -0.05) is 0 Å². The molecule has 28 heavy (non-hydrogen) atoms. The molecule has 4 rings (SSSR count).